The molecular weight excluding hydrogens is 474 g/mol. The number of amides is 1. The van der Waals surface area contributed by atoms with E-state index in [9.17, 15) is 13.2 Å². The zero-order valence-electron chi connectivity index (χ0n) is 19.2. The lowest BCUT2D eigenvalue weighted by Crippen LogP contribution is -2.36. The van der Waals surface area contributed by atoms with Gasteiger partial charge in [0.2, 0.25) is 15.9 Å². The third kappa shape index (κ3) is 7.28. The molecule has 0 unspecified atom stereocenters. The van der Waals surface area contributed by atoms with Crippen molar-refractivity contribution >= 4 is 45.0 Å². The van der Waals surface area contributed by atoms with Crippen LogP contribution in [0.2, 0.25) is 0 Å². The fourth-order valence-electron chi connectivity index (χ4n) is 3.67. The highest BCUT2D eigenvalue weighted by Gasteiger charge is 2.21. The molecule has 182 valence electrons. The summed E-state index contributed by atoms with van der Waals surface area (Å²) in [6, 6.07) is 11.5. The number of hydrogen-bond acceptors (Lipinski definition) is 6. The zero-order valence-corrected chi connectivity index (χ0v) is 20.8. The van der Waals surface area contributed by atoms with Gasteiger partial charge < -0.3 is 14.8 Å². The van der Waals surface area contributed by atoms with E-state index in [1.54, 1.807) is 43.5 Å². The number of methoxy groups -OCH3 is 2. The SMILES string of the molecule is COc1ccc(C=CC(=O)NC(=S)Nc2ccc(S(=O)(=O)NC3CCCCC3)cc2)cc1OC. The molecular formula is C24H29N3O5S2. The molecule has 1 saturated carbocycles. The van der Waals surface area contributed by atoms with Gasteiger partial charge in [0.25, 0.3) is 0 Å². The van der Waals surface area contributed by atoms with Crippen molar-refractivity contribution < 1.29 is 22.7 Å². The van der Waals surface area contributed by atoms with Crippen LogP contribution in [0.15, 0.2) is 53.4 Å². The molecule has 0 aromatic heterocycles. The molecule has 10 heteroatoms. The maximum Gasteiger partial charge on any atom is 0.250 e. The quantitative estimate of drug-likeness (QED) is 0.371. The normalized spacial score (nSPS) is 14.5. The van der Waals surface area contributed by atoms with Gasteiger partial charge in [-0.15, -0.1) is 0 Å². The summed E-state index contributed by atoms with van der Waals surface area (Å²) in [5, 5.41) is 5.53. The molecule has 0 aliphatic heterocycles. The van der Waals surface area contributed by atoms with Gasteiger partial charge in [0.15, 0.2) is 16.6 Å². The second kappa shape index (κ2) is 12.0. The third-order valence-corrected chi connectivity index (χ3v) is 7.16. The van der Waals surface area contributed by atoms with Gasteiger partial charge in [-0.05, 0) is 73.1 Å². The Kier molecular flexibility index (Phi) is 9.03. The van der Waals surface area contributed by atoms with E-state index in [0.29, 0.717) is 17.2 Å². The van der Waals surface area contributed by atoms with Gasteiger partial charge in [-0.1, -0.05) is 25.3 Å². The number of carbonyl (C=O) groups excluding carboxylic acids is 1. The Bertz CT molecular complexity index is 1140. The van der Waals surface area contributed by atoms with Crippen molar-refractivity contribution in [3.63, 3.8) is 0 Å². The maximum absolute atomic E-state index is 12.6. The lowest BCUT2D eigenvalue weighted by molar-refractivity contribution is -0.115. The van der Waals surface area contributed by atoms with Gasteiger partial charge in [-0.25, -0.2) is 13.1 Å². The second-order valence-corrected chi connectivity index (χ2v) is 9.99. The van der Waals surface area contributed by atoms with Crippen LogP contribution in [0.5, 0.6) is 11.5 Å². The van der Waals surface area contributed by atoms with Crippen LogP contribution in [0.1, 0.15) is 37.7 Å². The number of hydrogen-bond donors (Lipinski definition) is 3. The topological polar surface area (TPSA) is 106 Å². The summed E-state index contributed by atoms with van der Waals surface area (Å²) in [5.74, 6) is 0.739. The molecule has 8 nitrogen and oxygen atoms in total. The van der Waals surface area contributed by atoms with E-state index in [1.165, 1.54) is 25.3 Å². The highest BCUT2D eigenvalue weighted by Crippen LogP contribution is 2.28. The van der Waals surface area contributed by atoms with Crippen LogP contribution in [0.25, 0.3) is 6.08 Å². The molecule has 3 N–H and O–H groups in total. The van der Waals surface area contributed by atoms with Crippen LogP contribution in [-0.2, 0) is 14.8 Å². The molecule has 1 aliphatic rings. The number of sulfonamides is 1. The van der Waals surface area contributed by atoms with Crippen LogP contribution in [0.4, 0.5) is 5.69 Å². The first-order valence-corrected chi connectivity index (χ1v) is 12.8. The van der Waals surface area contributed by atoms with Crippen molar-refractivity contribution in [1.82, 2.24) is 10.0 Å². The number of anilines is 1. The minimum atomic E-state index is -3.57. The van der Waals surface area contributed by atoms with Gasteiger partial charge in [-0.3, -0.25) is 10.1 Å². The number of ether oxygens (including phenoxy) is 2. The number of rotatable bonds is 8. The number of carbonyl (C=O) groups is 1. The molecule has 1 amide bonds. The zero-order chi connectivity index (χ0) is 24.6. The first kappa shape index (κ1) is 25.7. The van der Waals surface area contributed by atoms with Crippen LogP contribution in [0.3, 0.4) is 0 Å². The molecule has 3 rings (SSSR count). The molecule has 0 spiro atoms. The molecule has 0 bridgehead atoms. The molecule has 0 heterocycles. The van der Waals surface area contributed by atoms with Crippen molar-refractivity contribution in [3.8, 4) is 11.5 Å². The minimum absolute atomic E-state index is 0.00796. The Morgan fingerprint density at radius 3 is 2.32 bits per heavy atom. The molecule has 0 atom stereocenters. The van der Waals surface area contributed by atoms with Crippen LogP contribution in [0, 0.1) is 0 Å². The van der Waals surface area contributed by atoms with E-state index in [2.05, 4.69) is 15.4 Å². The largest absolute Gasteiger partial charge is 0.493 e. The Hall–Kier alpha value is -2.95. The minimum Gasteiger partial charge on any atom is -0.493 e. The summed E-state index contributed by atoms with van der Waals surface area (Å²) in [4.78, 5) is 12.4. The first-order chi connectivity index (χ1) is 16.3. The van der Waals surface area contributed by atoms with Crippen molar-refractivity contribution in [3.05, 3.63) is 54.1 Å². The standard InChI is InChI=1S/C24H29N3O5S2/c1-31-21-14-8-17(16-22(21)32-2)9-15-23(28)26-24(33)25-18-10-12-20(13-11-18)34(29,30)27-19-6-4-3-5-7-19/h8-16,19,27H,3-7H2,1-2H3,(H2,25,26,28,33). The summed E-state index contributed by atoms with van der Waals surface area (Å²) in [6.07, 6.45) is 7.95. The lowest BCUT2D eigenvalue weighted by atomic mass is 9.96. The van der Waals surface area contributed by atoms with E-state index in [1.807, 2.05) is 0 Å². The molecule has 2 aromatic rings. The fourth-order valence-corrected chi connectivity index (χ4v) is 5.19. The number of benzene rings is 2. The fraction of sp³-hybridized carbons (Fsp3) is 0.333. The van der Waals surface area contributed by atoms with Gasteiger partial charge in [-0.2, -0.15) is 0 Å². The van der Waals surface area contributed by atoms with E-state index in [0.717, 1.165) is 37.7 Å². The Morgan fingerprint density at radius 2 is 1.68 bits per heavy atom. The second-order valence-electron chi connectivity index (χ2n) is 7.87. The third-order valence-electron chi connectivity index (χ3n) is 5.42. The van der Waals surface area contributed by atoms with Crippen LogP contribution in [-0.4, -0.2) is 39.7 Å². The average molecular weight is 504 g/mol. The van der Waals surface area contributed by atoms with Crippen molar-refractivity contribution in [1.29, 1.82) is 0 Å². The van der Waals surface area contributed by atoms with Crippen molar-refractivity contribution in [2.75, 3.05) is 19.5 Å². The molecule has 1 aliphatic carbocycles. The van der Waals surface area contributed by atoms with Gasteiger partial charge in [0, 0.05) is 17.8 Å². The molecule has 2 aromatic carbocycles. The summed E-state index contributed by atoms with van der Waals surface area (Å²) < 4.78 is 38.4. The first-order valence-electron chi connectivity index (χ1n) is 10.9. The molecule has 1 fully saturated rings. The predicted octanol–water partition coefficient (Wildman–Crippen LogP) is 3.84. The smallest absolute Gasteiger partial charge is 0.250 e. The highest BCUT2D eigenvalue weighted by atomic mass is 32.2. The molecule has 0 radical (unpaired) electrons. The molecule has 34 heavy (non-hydrogen) atoms. The summed E-state index contributed by atoms with van der Waals surface area (Å²) >= 11 is 5.19. The number of nitrogens with one attached hydrogen (secondary N) is 3. The monoisotopic (exact) mass is 503 g/mol. The predicted molar refractivity (Wildman–Crippen MR) is 137 cm³/mol. The summed E-state index contributed by atoms with van der Waals surface area (Å²) in [7, 11) is -0.483. The van der Waals surface area contributed by atoms with E-state index in [4.69, 9.17) is 21.7 Å². The van der Waals surface area contributed by atoms with Crippen LogP contribution >= 0.6 is 12.2 Å². The average Bonchev–Trinajstić information content (AvgIpc) is 2.83. The summed E-state index contributed by atoms with van der Waals surface area (Å²) in [5.41, 5.74) is 1.32. The number of thiocarbonyl (C=S) groups is 1. The van der Waals surface area contributed by atoms with Gasteiger partial charge in [0.1, 0.15) is 0 Å². The van der Waals surface area contributed by atoms with Crippen molar-refractivity contribution in [2.24, 2.45) is 0 Å². The van der Waals surface area contributed by atoms with Crippen LogP contribution < -0.4 is 24.8 Å². The maximum atomic E-state index is 12.6. The van der Waals surface area contributed by atoms with Crippen molar-refractivity contribution in [2.45, 2.75) is 43.0 Å². The van der Waals surface area contributed by atoms with Gasteiger partial charge in [0.05, 0.1) is 19.1 Å². The van der Waals surface area contributed by atoms with E-state index >= 15 is 0 Å². The van der Waals surface area contributed by atoms with E-state index < -0.39 is 15.9 Å². The molecule has 0 saturated heterocycles. The Morgan fingerprint density at radius 1 is 1.00 bits per heavy atom. The summed E-state index contributed by atoms with van der Waals surface area (Å²) in [6.45, 7) is 0. The Balaban J connectivity index is 1.53. The van der Waals surface area contributed by atoms with E-state index in [-0.39, 0.29) is 16.0 Å². The Labute approximate surface area is 205 Å². The highest BCUT2D eigenvalue weighted by molar-refractivity contribution is 7.89. The van der Waals surface area contributed by atoms with Gasteiger partial charge >= 0.3 is 0 Å². The lowest BCUT2D eigenvalue weighted by Gasteiger charge is -2.22.